The maximum atomic E-state index is 12.2. The molecule has 9 heteroatoms. The van der Waals surface area contributed by atoms with Crippen molar-refractivity contribution in [2.24, 2.45) is 5.73 Å². The van der Waals surface area contributed by atoms with Crippen molar-refractivity contribution in [2.45, 2.75) is 13.0 Å². The number of ether oxygens (including phenoxy) is 1. The average Bonchev–Trinajstić information content (AvgIpc) is 3.25. The molecule has 6 nitrogen and oxygen atoms in total. The molecule has 0 radical (unpaired) electrons. The van der Waals surface area contributed by atoms with E-state index >= 15 is 0 Å². The summed E-state index contributed by atoms with van der Waals surface area (Å²) < 4.78 is 6.12. The van der Waals surface area contributed by atoms with Crippen molar-refractivity contribution >= 4 is 73.2 Å². The summed E-state index contributed by atoms with van der Waals surface area (Å²) in [5.74, 6) is -1.89. The summed E-state index contributed by atoms with van der Waals surface area (Å²) in [4.78, 5) is 36.2. The minimum atomic E-state index is -1.06. The highest BCUT2D eigenvalue weighted by Crippen LogP contribution is 2.35. The fourth-order valence-corrected chi connectivity index (χ4v) is 4.56. The number of nitrogens with two attached hydrogens (primary N) is 1. The normalized spacial score (nSPS) is 12.2. The number of carbonyl (C=O) groups excluding carboxylic acids is 3. The van der Waals surface area contributed by atoms with E-state index in [1.165, 1.54) is 30.4 Å². The van der Waals surface area contributed by atoms with Crippen LogP contribution >= 0.6 is 34.3 Å². The Hall–Kier alpha value is -2.68. The molecule has 1 unspecified atom stereocenters. The summed E-state index contributed by atoms with van der Waals surface area (Å²) in [5, 5.41) is 5.95. The van der Waals surface area contributed by atoms with Gasteiger partial charge < -0.3 is 15.8 Å². The number of fused-ring (bicyclic) bond motifs is 1. The number of hydrogen-bond acceptors (Lipinski definition) is 6. The van der Waals surface area contributed by atoms with E-state index in [4.69, 9.17) is 22.1 Å². The van der Waals surface area contributed by atoms with Gasteiger partial charge in [-0.1, -0.05) is 29.8 Å². The molecule has 0 aliphatic rings. The summed E-state index contributed by atoms with van der Waals surface area (Å²) >= 11 is 8.93. The summed E-state index contributed by atoms with van der Waals surface area (Å²) in [5.41, 5.74) is 5.44. The molecule has 2 aromatic heterocycles. The molecule has 1 aromatic carbocycles. The molecule has 2 heterocycles. The van der Waals surface area contributed by atoms with Gasteiger partial charge in [0.25, 0.3) is 11.8 Å². The van der Waals surface area contributed by atoms with Gasteiger partial charge in [-0.15, -0.1) is 22.7 Å². The fourth-order valence-electron chi connectivity index (χ4n) is 2.36. The highest BCUT2D eigenvalue weighted by Gasteiger charge is 2.20. The molecule has 3 aromatic rings. The van der Waals surface area contributed by atoms with Crippen LogP contribution < -0.4 is 11.1 Å². The van der Waals surface area contributed by atoms with E-state index in [1.807, 2.05) is 24.3 Å². The molecule has 2 amide bonds. The van der Waals surface area contributed by atoms with Gasteiger partial charge >= 0.3 is 5.97 Å². The second-order valence-corrected chi connectivity index (χ2v) is 8.08. The van der Waals surface area contributed by atoms with Gasteiger partial charge in [-0.05, 0) is 30.5 Å². The summed E-state index contributed by atoms with van der Waals surface area (Å²) in [6.07, 6.45) is 1.72. The van der Waals surface area contributed by atoms with E-state index in [0.29, 0.717) is 10.0 Å². The quantitative estimate of drug-likeness (QED) is 0.446. The molecule has 3 N–H and O–H groups in total. The van der Waals surface area contributed by atoms with Crippen LogP contribution in [0.1, 0.15) is 22.2 Å². The first-order valence-corrected chi connectivity index (χ1v) is 10.2. The second kappa shape index (κ2) is 8.55. The smallest absolute Gasteiger partial charge is 0.331 e. The predicted octanol–water partition coefficient (Wildman–Crippen LogP) is 4.30. The van der Waals surface area contributed by atoms with Crippen molar-refractivity contribution in [3.8, 4) is 0 Å². The van der Waals surface area contributed by atoms with Crippen LogP contribution in [0.2, 0.25) is 5.02 Å². The highest BCUT2D eigenvalue weighted by atomic mass is 35.5. The number of thiophene rings is 2. The molecule has 0 bridgehead atoms. The van der Waals surface area contributed by atoms with Gasteiger partial charge in [0, 0.05) is 21.0 Å². The largest absolute Gasteiger partial charge is 0.449 e. The lowest BCUT2D eigenvalue weighted by Gasteiger charge is -2.12. The Kier molecular flexibility index (Phi) is 6.13. The Morgan fingerprint density at radius 2 is 2.00 bits per heavy atom. The summed E-state index contributed by atoms with van der Waals surface area (Å²) in [6, 6.07) is 9.16. The first kappa shape index (κ1) is 20.1. The van der Waals surface area contributed by atoms with Crippen molar-refractivity contribution in [1.82, 2.24) is 0 Å². The van der Waals surface area contributed by atoms with Crippen LogP contribution in [0.5, 0.6) is 0 Å². The molecule has 0 saturated heterocycles. The van der Waals surface area contributed by atoms with E-state index in [2.05, 4.69) is 5.32 Å². The monoisotopic (exact) mass is 434 g/mol. The third-order valence-electron chi connectivity index (χ3n) is 3.76. The Labute approximate surface area is 173 Å². The van der Waals surface area contributed by atoms with Gasteiger partial charge in [0.15, 0.2) is 6.10 Å². The second-order valence-electron chi connectivity index (χ2n) is 5.71. The molecular weight excluding hydrogens is 420 g/mol. The molecule has 0 fully saturated rings. The molecule has 0 spiro atoms. The van der Waals surface area contributed by atoms with Crippen molar-refractivity contribution < 1.29 is 19.1 Å². The van der Waals surface area contributed by atoms with Crippen molar-refractivity contribution in [1.29, 1.82) is 0 Å². The van der Waals surface area contributed by atoms with Crippen molar-refractivity contribution in [2.75, 3.05) is 5.32 Å². The van der Waals surface area contributed by atoms with E-state index in [-0.39, 0.29) is 5.56 Å². The summed E-state index contributed by atoms with van der Waals surface area (Å²) in [6.45, 7) is 1.44. The molecule has 3 rings (SSSR count). The number of rotatable bonds is 6. The number of benzene rings is 1. The van der Waals surface area contributed by atoms with E-state index in [1.54, 1.807) is 11.5 Å². The Balaban J connectivity index is 1.62. The number of nitrogens with one attached hydrogen (secondary N) is 1. The van der Waals surface area contributed by atoms with Crippen LogP contribution in [0.15, 0.2) is 41.8 Å². The number of primary amides is 1. The Morgan fingerprint density at radius 3 is 2.71 bits per heavy atom. The van der Waals surface area contributed by atoms with Crippen molar-refractivity contribution in [3.63, 3.8) is 0 Å². The number of esters is 1. The lowest BCUT2D eigenvalue weighted by atomic mass is 10.2. The molecule has 0 saturated carbocycles. The van der Waals surface area contributed by atoms with Crippen LogP contribution in [0.25, 0.3) is 16.2 Å². The van der Waals surface area contributed by atoms with Crippen LogP contribution in [0.4, 0.5) is 5.00 Å². The maximum Gasteiger partial charge on any atom is 0.331 e. The summed E-state index contributed by atoms with van der Waals surface area (Å²) in [7, 11) is 0. The molecule has 28 heavy (non-hydrogen) atoms. The van der Waals surface area contributed by atoms with Gasteiger partial charge in [0.2, 0.25) is 0 Å². The molecule has 0 aliphatic carbocycles. The van der Waals surface area contributed by atoms with E-state index < -0.39 is 23.9 Å². The molecule has 0 aliphatic heterocycles. The Bertz CT molecular complexity index is 1090. The number of amides is 2. The van der Waals surface area contributed by atoms with E-state index in [9.17, 15) is 14.4 Å². The van der Waals surface area contributed by atoms with Gasteiger partial charge in [-0.25, -0.2) is 4.79 Å². The minimum Gasteiger partial charge on any atom is -0.449 e. The lowest BCUT2D eigenvalue weighted by molar-refractivity contribution is -0.148. The molecule has 144 valence electrons. The minimum absolute atomic E-state index is 0.205. The number of hydrogen-bond donors (Lipinski definition) is 2. The standard InChI is InChI=1S/C19H15ClN2O4S2/c1-10(18(25)22-19-12(17(21)24)8-9-27-19)26-15(23)7-6-14-16(20)11-4-2-3-5-13(11)28-14/h2-10H,1H3,(H2,21,24)(H,22,25)/b7-6+. The fraction of sp³-hybridized carbons (Fsp3) is 0.105. The van der Waals surface area contributed by atoms with Gasteiger partial charge in [0.05, 0.1) is 10.6 Å². The predicted molar refractivity (Wildman–Crippen MR) is 113 cm³/mol. The van der Waals surface area contributed by atoms with Crippen molar-refractivity contribution in [3.05, 3.63) is 57.3 Å². The van der Waals surface area contributed by atoms with Crippen LogP contribution in [-0.2, 0) is 14.3 Å². The topological polar surface area (TPSA) is 98.5 Å². The lowest BCUT2D eigenvalue weighted by Crippen LogP contribution is -2.29. The van der Waals surface area contributed by atoms with Crippen LogP contribution in [-0.4, -0.2) is 23.9 Å². The highest BCUT2D eigenvalue weighted by molar-refractivity contribution is 7.20. The molecule has 1 atom stereocenters. The van der Waals surface area contributed by atoms with Gasteiger partial charge in [-0.3, -0.25) is 9.59 Å². The van der Waals surface area contributed by atoms with Crippen LogP contribution in [0, 0.1) is 0 Å². The first-order valence-electron chi connectivity index (χ1n) is 8.10. The zero-order valence-electron chi connectivity index (χ0n) is 14.6. The SMILES string of the molecule is CC(OC(=O)/C=C/c1sc2ccccc2c1Cl)C(=O)Nc1sccc1C(N)=O. The zero-order chi connectivity index (χ0) is 20.3. The van der Waals surface area contributed by atoms with Crippen LogP contribution in [0.3, 0.4) is 0 Å². The van der Waals surface area contributed by atoms with Gasteiger partial charge in [-0.2, -0.15) is 0 Å². The number of carbonyl (C=O) groups is 3. The Morgan fingerprint density at radius 1 is 1.25 bits per heavy atom. The van der Waals surface area contributed by atoms with Gasteiger partial charge in [0.1, 0.15) is 5.00 Å². The molecular formula is C19H15ClN2O4S2. The average molecular weight is 435 g/mol. The first-order chi connectivity index (χ1) is 13.4. The number of halogens is 1. The van der Waals surface area contributed by atoms with E-state index in [0.717, 1.165) is 26.3 Å². The third kappa shape index (κ3) is 4.41. The third-order valence-corrected chi connectivity index (χ3v) is 6.25. The zero-order valence-corrected chi connectivity index (χ0v) is 17.0. The number of anilines is 1. The maximum absolute atomic E-state index is 12.2.